The molecule has 1 saturated heterocycles. The second-order valence-corrected chi connectivity index (χ2v) is 7.85. The van der Waals surface area contributed by atoms with Crippen LogP contribution in [0.5, 0.6) is 5.75 Å². The molecular weight excluding hydrogens is 288 g/mol. The Morgan fingerprint density at radius 1 is 1.24 bits per heavy atom. The Bertz CT molecular complexity index is 555. The number of hydrogen-bond acceptors (Lipinski definition) is 3. The molecule has 0 radical (unpaired) electrons. The van der Waals surface area contributed by atoms with E-state index in [0.29, 0.717) is 6.54 Å². The highest BCUT2D eigenvalue weighted by molar-refractivity contribution is 7.86. The summed E-state index contributed by atoms with van der Waals surface area (Å²) in [6.07, 6.45) is 4.58. The first-order valence-electron chi connectivity index (χ1n) is 7.38. The minimum Gasteiger partial charge on any atom is -0.508 e. The Morgan fingerprint density at radius 2 is 1.90 bits per heavy atom. The maximum Gasteiger partial charge on any atom is 0.281 e. The third kappa shape index (κ3) is 3.96. The molecule has 2 rings (SSSR count). The topological polar surface area (TPSA) is 60.9 Å². The van der Waals surface area contributed by atoms with Gasteiger partial charge in [0.25, 0.3) is 10.2 Å². The molecule has 1 fully saturated rings. The van der Waals surface area contributed by atoms with Gasteiger partial charge in [0.1, 0.15) is 5.75 Å². The van der Waals surface area contributed by atoms with Crippen LogP contribution < -0.4 is 0 Å². The van der Waals surface area contributed by atoms with E-state index in [1.807, 2.05) is 12.1 Å². The molecule has 1 heterocycles. The molecule has 0 aliphatic carbocycles. The number of aromatic hydroxyl groups is 1. The van der Waals surface area contributed by atoms with E-state index in [9.17, 15) is 13.5 Å². The molecule has 0 aromatic heterocycles. The monoisotopic (exact) mass is 312 g/mol. The highest BCUT2D eigenvalue weighted by Crippen LogP contribution is 2.25. The number of rotatable bonds is 5. The Hall–Kier alpha value is -1.11. The second-order valence-electron chi connectivity index (χ2n) is 5.76. The molecule has 21 heavy (non-hydrogen) atoms. The highest BCUT2D eigenvalue weighted by Gasteiger charge is 2.33. The lowest BCUT2D eigenvalue weighted by atomic mass is 9.98. The van der Waals surface area contributed by atoms with Gasteiger partial charge in [-0.25, -0.2) is 0 Å². The molecule has 0 unspecified atom stereocenters. The van der Waals surface area contributed by atoms with Crippen LogP contribution in [0.15, 0.2) is 24.3 Å². The van der Waals surface area contributed by atoms with Crippen molar-refractivity contribution in [3.8, 4) is 5.75 Å². The predicted octanol–water partition coefficient (Wildman–Crippen LogP) is 1.99. The fraction of sp³-hybridized carbons (Fsp3) is 0.600. The van der Waals surface area contributed by atoms with Crippen LogP contribution in [-0.2, 0) is 16.6 Å². The molecular formula is C15H24N2O3S. The zero-order valence-electron chi connectivity index (χ0n) is 12.7. The average molecular weight is 312 g/mol. The molecule has 6 heteroatoms. The molecule has 1 atom stereocenters. The Balaban J connectivity index is 2.04. The Labute approximate surface area is 127 Å². The van der Waals surface area contributed by atoms with Gasteiger partial charge in [-0.15, -0.1) is 0 Å². The van der Waals surface area contributed by atoms with Gasteiger partial charge in [0.15, 0.2) is 0 Å². The highest BCUT2D eigenvalue weighted by atomic mass is 32.2. The zero-order chi connectivity index (χ0) is 15.5. The number of phenolic OH excluding ortho intramolecular Hbond substituents is 1. The standard InChI is InChI=1S/C15H24N2O3S/c1-16(2)21(19,20)17-12-4-3-5-14(17)9-6-13-7-10-15(18)11-8-13/h7-8,10-11,14,18H,3-6,9,12H2,1-2H3/t14-/m1/s1. The summed E-state index contributed by atoms with van der Waals surface area (Å²) in [5.41, 5.74) is 1.13. The van der Waals surface area contributed by atoms with E-state index >= 15 is 0 Å². The molecule has 1 aliphatic heterocycles. The van der Waals surface area contributed by atoms with Crippen LogP contribution in [0.25, 0.3) is 0 Å². The van der Waals surface area contributed by atoms with Crippen LogP contribution in [-0.4, -0.2) is 48.8 Å². The molecule has 118 valence electrons. The number of aryl methyl sites for hydroxylation is 1. The lowest BCUT2D eigenvalue weighted by molar-refractivity contribution is 0.229. The van der Waals surface area contributed by atoms with Crippen LogP contribution in [0.2, 0.25) is 0 Å². The van der Waals surface area contributed by atoms with E-state index in [-0.39, 0.29) is 11.8 Å². The molecule has 0 bridgehead atoms. The van der Waals surface area contributed by atoms with Crippen LogP contribution in [0, 0.1) is 0 Å². The number of hydrogen-bond donors (Lipinski definition) is 1. The third-order valence-corrected chi connectivity index (χ3v) is 6.03. The van der Waals surface area contributed by atoms with Crippen molar-refractivity contribution in [1.29, 1.82) is 0 Å². The number of phenols is 1. The van der Waals surface area contributed by atoms with Crippen LogP contribution >= 0.6 is 0 Å². The van der Waals surface area contributed by atoms with Gasteiger partial charge >= 0.3 is 0 Å². The largest absolute Gasteiger partial charge is 0.508 e. The summed E-state index contributed by atoms with van der Waals surface area (Å²) in [7, 11) is -0.165. The van der Waals surface area contributed by atoms with E-state index < -0.39 is 10.2 Å². The molecule has 0 amide bonds. The van der Waals surface area contributed by atoms with Gasteiger partial charge in [-0.3, -0.25) is 0 Å². The molecule has 5 nitrogen and oxygen atoms in total. The lowest BCUT2D eigenvalue weighted by Crippen LogP contribution is -2.48. The molecule has 1 aromatic rings. The second kappa shape index (κ2) is 6.77. The van der Waals surface area contributed by atoms with Gasteiger partial charge in [0.2, 0.25) is 0 Å². The summed E-state index contributed by atoms with van der Waals surface area (Å²) < 4.78 is 27.7. The van der Waals surface area contributed by atoms with E-state index in [1.165, 1.54) is 4.31 Å². The van der Waals surface area contributed by atoms with Gasteiger partial charge in [-0.1, -0.05) is 18.6 Å². The number of nitrogens with zero attached hydrogens (tertiary/aromatic N) is 2. The molecule has 0 saturated carbocycles. The van der Waals surface area contributed by atoms with Gasteiger partial charge in [-0.05, 0) is 43.4 Å². The van der Waals surface area contributed by atoms with Gasteiger partial charge in [-0.2, -0.15) is 17.0 Å². The van der Waals surface area contributed by atoms with Crippen molar-refractivity contribution in [1.82, 2.24) is 8.61 Å². The van der Waals surface area contributed by atoms with Crippen molar-refractivity contribution in [2.45, 2.75) is 38.1 Å². The Kier molecular flexibility index (Phi) is 5.24. The number of piperidine rings is 1. The van der Waals surface area contributed by atoms with Crippen molar-refractivity contribution in [3.05, 3.63) is 29.8 Å². The van der Waals surface area contributed by atoms with Gasteiger partial charge in [0, 0.05) is 26.7 Å². The van der Waals surface area contributed by atoms with Crippen molar-refractivity contribution in [2.75, 3.05) is 20.6 Å². The third-order valence-electron chi connectivity index (χ3n) is 4.03. The summed E-state index contributed by atoms with van der Waals surface area (Å²) >= 11 is 0. The van der Waals surface area contributed by atoms with Gasteiger partial charge < -0.3 is 5.11 Å². The summed E-state index contributed by atoms with van der Waals surface area (Å²) in [6.45, 7) is 0.612. The zero-order valence-corrected chi connectivity index (χ0v) is 13.5. The first-order chi connectivity index (χ1) is 9.91. The summed E-state index contributed by atoms with van der Waals surface area (Å²) in [5, 5.41) is 9.29. The SMILES string of the molecule is CN(C)S(=O)(=O)N1CCCC[C@@H]1CCc1ccc(O)cc1. The van der Waals surface area contributed by atoms with E-state index in [4.69, 9.17) is 0 Å². The molecule has 1 aliphatic rings. The summed E-state index contributed by atoms with van der Waals surface area (Å²) in [5.74, 6) is 0.258. The van der Waals surface area contributed by atoms with Gasteiger partial charge in [0.05, 0.1) is 0 Å². The van der Waals surface area contributed by atoms with Crippen LogP contribution in [0.3, 0.4) is 0 Å². The van der Waals surface area contributed by atoms with Crippen LogP contribution in [0.4, 0.5) is 0 Å². The average Bonchev–Trinajstić information content (AvgIpc) is 2.47. The lowest BCUT2D eigenvalue weighted by Gasteiger charge is -2.36. The van der Waals surface area contributed by atoms with E-state index in [1.54, 1.807) is 30.5 Å². The molecule has 0 spiro atoms. The van der Waals surface area contributed by atoms with Crippen molar-refractivity contribution in [3.63, 3.8) is 0 Å². The molecule has 1 N–H and O–H groups in total. The Morgan fingerprint density at radius 3 is 2.52 bits per heavy atom. The minimum atomic E-state index is -3.33. The van der Waals surface area contributed by atoms with E-state index in [0.717, 1.165) is 37.7 Å². The minimum absolute atomic E-state index is 0.0694. The summed E-state index contributed by atoms with van der Waals surface area (Å²) in [4.78, 5) is 0. The van der Waals surface area contributed by atoms with E-state index in [2.05, 4.69) is 0 Å². The predicted molar refractivity (Wildman–Crippen MR) is 83.4 cm³/mol. The maximum absolute atomic E-state index is 12.4. The summed E-state index contributed by atoms with van der Waals surface area (Å²) in [6, 6.07) is 7.20. The van der Waals surface area contributed by atoms with Crippen LogP contribution in [0.1, 0.15) is 31.2 Å². The smallest absolute Gasteiger partial charge is 0.281 e. The first kappa shape index (κ1) is 16.3. The molecule has 1 aromatic carbocycles. The number of benzene rings is 1. The quantitative estimate of drug-likeness (QED) is 0.904. The fourth-order valence-electron chi connectivity index (χ4n) is 2.77. The maximum atomic E-state index is 12.4. The first-order valence-corrected chi connectivity index (χ1v) is 8.78. The normalized spacial score (nSPS) is 20.8. The fourth-order valence-corrected chi connectivity index (χ4v) is 4.14. The van der Waals surface area contributed by atoms with Crippen molar-refractivity contribution in [2.24, 2.45) is 0 Å². The van der Waals surface area contributed by atoms with Crippen molar-refractivity contribution >= 4 is 10.2 Å². The van der Waals surface area contributed by atoms with Crippen molar-refractivity contribution < 1.29 is 13.5 Å².